The summed E-state index contributed by atoms with van der Waals surface area (Å²) in [7, 11) is 0. The molecule has 1 heterocycles. The van der Waals surface area contributed by atoms with Crippen LogP contribution in [0.2, 0.25) is 0 Å². The number of rotatable bonds is 7. The topological polar surface area (TPSA) is 55.9 Å². The summed E-state index contributed by atoms with van der Waals surface area (Å²) in [6.45, 7) is 2.92. The van der Waals surface area contributed by atoms with Crippen molar-refractivity contribution in [2.24, 2.45) is 5.84 Å². The van der Waals surface area contributed by atoms with Crippen molar-refractivity contribution in [3.05, 3.63) is 48.0 Å². The van der Waals surface area contributed by atoms with E-state index in [1.165, 1.54) is 12.1 Å². The molecule has 0 spiro atoms. The number of thioether (sulfide) groups is 1. The number of nitrogens with one attached hydrogen (secondary N) is 1. The first-order valence-electron chi connectivity index (χ1n) is 6.57. The van der Waals surface area contributed by atoms with Gasteiger partial charge in [0, 0.05) is 29.4 Å². The molecule has 3 N–H and O–H groups in total. The highest BCUT2D eigenvalue weighted by Crippen LogP contribution is 2.19. The van der Waals surface area contributed by atoms with Crippen molar-refractivity contribution in [1.82, 2.24) is 15.2 Å². The van der Waals surface area contributed by atoms with E-state index in [0.29, 0.717) is 0 Å². The third kappa shape index (κ3) is 4.33. The van der Waals surface area contributed by atoms with Crippen molar-refractivity contribution in [2.75, 3.05) is 5.75 Å². The second-order valence-electron chi connectivity index (χ2n) is 4.54. The highest BCUT2D eigenvalue weighted by Gasteiger charge is 2.10. The van der Waals surface area contributed by atoms with Gasteiger partial charge in [-0.1, -0.05) is 0 Å². The number of benzene rings is 1. The third-order valence-electron chi connectivity index (χ3n) is 2.99. The third-order valence-corrected chi connectivity index (χ3v) is 4.17. The number of aromatic nitrogens is 2. The number of aryl methyl sites for hydroxylation is 1. The largest absolute Gasteiger partial charge is 0.273 e. The maximum atomic E-state index is 12.8. The number of nitrogens with two attached hydrogens (primary N) is 1. The number of nitrogens with zero attached hydrogens (tertiary/aromatic N) is 2. The van der Waals surface area contributed by atoms with Gasteiger partial charge in [0.15, 0.2) is 0 Å². The maximum Gasteiger partial charge on any atom is 0.123 e. The fraction of sp³-hybridized carbons (Fsp3) is 0.357. The molecule has 0 saturated heterocycles. The smallest absolute Gasteiger partial charge is 0.123 e. The first-order valence-corrected chi connectivity index (χ1v) is 7.55. The first kappa shape index (κ1) is 15.0. The molecule has 108 valence electrons. The zero-order valence-electron chi connectivity index (χ0n) is 11.4. The Labute approximate surface area is 122 Å². The summed E-state index contributed by atoms with van der Waals surface area (Å²) in [6.07, 6.45) is 4.73. The normalized spacial score (nSPS) is 12.6. The summed E-state index contributed by atoms with van der Waals surface area (Å²) in [4.78, 5) is 1.04. The van der Waals surface area contributed by atoms with Crippen LogP contribution in [0, 0.1) is 5.82 Å². The second kappa shape index (κ2) is 7.42. The van der Waals surface area contributed by atoms with Crippen LogP contribution in [0.25, 0.3) is 0 Å². The minimum Gasteiger partial charge on any atom is -0.273 e. The van der Waals surface area contributed by atoms with Crippen molar-refractivity contribution in [3.8, 4) is 0 Å². The van der Waals surface area contributed by atoms with Gasteiger partial charge in [0.25, 0.3) is 0 Å². The molecule has 20 heavy (non-hydrogen) atoms. The van der Waals surface area contributed by atoms with Crippen molar-refractivity contribution in [2.45, 2.75) is 30.8 Å². The predicted octanol–water partition coefficient (Wildman–Crippen LogP) is 2.21. The Bertz CT molecular complexity index is 526. The molecule has 0 bridgehead atoms. The fourth-order valence-electron chi connectivity index (χ4n) is 1.86. The zero-order valence-corrected chi connectivity index (χ0v) is 12.2. The maximum absolute atomic E-state index is 12.8. The van der Waals surface area contributed by atoms with Crippen LogP contribution in [-0.4, -0.2) is 21.6 Å². The molecule has 1 atom stereocenters. The first-order chi connectivity index (χ1) is 9.71. The number of hydrogen-bond donors (Lipinski definition) is 2. The molecule has 6 heteroatoms. The SMILES string of the molecule is CCn1cc(CC(CSc2ccc(F)cc2)NN)cn1. The Balaban J connectivity index is 1.87. The monoisotopic (exact) mass is 294 g/mol. The van der Waals surface area contributed by atoms with Gasteiger partial charge in [-0.3, -0.25) is 16.0 Å². The van der Waals surface area contributed by atoms with Crippen LogP contribution in [0.4, 0.5) is 4.39 Å². The molecule has 0 aliphatic carbocycles. The summed E-state index contributed by atoms with van der Waals surface area (Å²) in [5, 5.41) is 4.25. The molecule has 0 aliphatic rings. The van der Waals surface area contributed by atoms with Crippen LogP contribution in [-0.2, 0) is 13.0 Å². The fourth-order valence-corrected chi connectivity index (χ4v) is 2.80. The zero-order chi connectivity index (χ0) is 14.4. The lowest BCUT2D eigenvalue weighted by Crippen LogP contribution is -2.38. The Kier molecular flexibility index (Phi) is 5.58. The van der Waals surface area contributed by atoms with Crippen molar-refractivity contribution in [1.29, 1.82) is 0 Å². The molecule has 0 saturated carbocycles. The summed E-state index contributed by atoms with van der Waals surface area (Å²) in [5.74, 6) is 6.20. The highest BCUT2D eigenvalue weighted by molar-refractivity contribution is 7.99. The summed E-state index contributed by atoms with van der Waals surface area (Å²) >= 11 is 1.66. The van der Waals surface area contributed by atoms with Crippen LogP contribution < -0.4 is 11.3 Å². The summed E-state index contributed by atoms with van der Waals surface area (Å²) in [5.41, 5.74) is 3.99. The summed E-state index contributed by atoms with van der Waals surface area (Å²) in [6, 6.07) is 6.65. The van der Waals surface area contributed by atoms with Gasteiger partial charge in [-0.25, -0.2) is 4.39 Å². The Morgan fingerprint density at radius 2 is 2.15 bits per heavy atom. The van der Waals surface area contributed by atoms with Crippen LogP contribution in [0.1, 0.15) is 12.5 Å². The number of hydrazine groups is 1. The van der Waals surface area contributed by atoms with Crippen molar-refractivity contribution >= 4 is 11.8 Å². The Morgan fingerprint density at radius 1 is 1.40 bits per heavy atom. The van der Waals surface area contributed by atoms with Crippen LogP contribution in [0.3, 0.4) is 0 Å². The van der Waals surface area contributed by atoms with Gasteiger partial charge in [0.2, 0.25) is 0 Å². The quantitative estimate of drug-likeness (QED) is 0.467. The van der Waals surface area contributed by atoms with E-state index in [4.69, 9.17) is 5.84 Å². The molecule has 0 fully saturated rings. The van der Waals surface area contributed by atoms with Crippen LogP contribution >= 0.6 is 11.8 Å². The van der Waals surface area contributed by atoms with E-state index in [1.54, 1.807) is 23.9 Å². The van der Waals surface area contributed by atoms with Gasteiger partial charge in [-0.2, -0.15) is 5.10 Å². The lowest BCUT2D eigenvalue weighted by atomic mass is 10.1. The standard InChI is InChI=1S/C14H19FN4S/c1-2-19-9-11(8-17-19)7-13(18-16)10-20-14-5-3-12(15)4-6-14/h3-6,8-9,13,18H,2,7,10,16H2,1H3. The van der Waals surface area contributed by atoms with Gasteiger partial charge < -0.3 is 0 Å². The average molecular weight is 294 g/mol. The lowest BCUT2D eigenvalue weighted by molar-refractivity contribution is 0.574. The van der Waals surface area contributed by atoms with Gasteiger partial charge in [0.1, 0.15) is 5.82 Å². The minimum absolute atomic E-state index is 0.152. The van der Waals surface area contributed by atoms with E-state index in [9.17, 15) is 4.39 Å². The van der Waals surface area contributed by atoms with Gasteiger partial charge in [-0.15, -0.1) is 11.8 Å². The van der Waals surface area contributed by atoms with E-state index >= 15 is 0 Å². The molecular weight excluding hydrogens is 275 g/mol. The Morgan fingerprint density at radius 3 is 2.75 bits per heavy atom. The molecule has 1 aromatic heterocycles. The second-order valence-corrected chi connectivity index (χ2v) is 5.63. The van der Waals surface area contributed by atoms with E-state index in [-0.39, 0.29) is 11.9 Å². The van der Waals surface area contributed by atoms with E-state index in [2.05, 4.69) is 17.4 Å². The van der Waals surface area contributed by atoms with Crippen molar-refractivity contribution < 1.29 is 4.39 Å². The van der Waals surface area contributed by atoms with E-state index < -0.39 is 0 Å². The Hall–Kier alpha value is -1.37. The van der Waals surface area contributed by atoms with E-state index in [1.807, 2.05) is 17.1 Å². The van der Waals surface area contributed by atoms with Crippen LogP contribution in [0.5, 0.6) is 0 Å². The molecule has 2 aromatic rings. The molecule has 1 aromatic carbocycles. The highest BCUT2D eigenvalue weighted by atomic mass is 32.2. The number of hydrogen-bond acceptors (Lipinski definition) is 4. The van der Waals surface area contributed by atoms with Crippen LogP contribution in [0.15, 0.2) is 41.6 Å². The average Bonchev–Trinajstić information content (AvgIpc) is 2.93. The van der Waals surface area contributed by atoms with Crippen molar-refractivity contribution in [3.63, 3.8) is 0 Å². The lowest BCUT2D eigenvalue weighted by Gasteiger charge is -2.14. The summed E-state index contributed by atoms with van der Waals surface area (Å²) < 4.78 is 14.7. The van der Waals surface area contributed by atoms with Gasteiger partial charge >= 0.3 is 0 Å². The molecule has 4 nitrogen and oxygen atoms in total. The number of halogens is 1. The molecular formula is C14H19FN4S. The van der Waals surface area contributed by atoms with E-state index in [0.717, 1.165) is 29.2 Å². The van der Waals surface area contributed by atoms with Gasteiger partial charge in [0.05, 0.1) is 6.20 Å². The minimum atomic E-state index is -0.213. The molecule has 0 amide bonds. The predicted molar refractivity (Wildman–Crippen MR) is 79.8 cm³/mol. The molecule has 2 rings (SSSR count). The molecule has 1 unspecified atom stereocenters. The molecule has 0 aliphatic heterocycles. The van der Waals surface area contributed by atoms with Gasteiger partial charge in [-0.05, 0) is 43.2 Å². The molecule has 0 radical (unpaired) electrons.